The van der Waals surface area contributed by atoms with Crippen molar-refractivity contribution >= 4 is 46.6 Å². The summed E-state index contributed by atoms with van der Waals surface area (Å²) in [4.78, 5) is 38.9. The van der Waals surface area contributed by atoms with E-state index in [1.807, 2.05) is 0 Å². The van der Waals surface area contributed by atoms with Crippen molar-refractivity contribution in [3.05, 3.63) is 63.4 Å². The molecule has 2 aliphatic heterocycles. The minimum Gasteiger partial charge on any atom is -0.306 e. The molecule has 4 rings (SSSR count). The number of anilines is 1. The van der Waals surface area contributed by atoms with Crippen molar-refractivity contribution in [1.82, 2.24) is 5.32 Å². The number of amides is 3. The number of hydrogen-bond acceptors (Lipinski definition) is 3. The number of fused-ring (bicyclic) bond motifs is 2. The minimum absolute atomic E-state index is 0.0375. The summed E-state index contributed by atoms with van der Waals surface area (Å²) in [7, 11) is 0. The Bertz CT molecular complexity index is 994. The topological polar surface area (TPSA) is 66.5 Å². The van der Waals surface area contributed by atoms with Crippen molar-refractivity contribution in [3.63, 3.8) is 0 Å². The quantitative estimate of drug-likeness (QED) is 0.630. The molecule has 0 aliphatic carbocycles. The number of imide groups is 1. The van der Waals surface area contributed by atoms with Crippen LogP contribution in [0.5, 0.6) is 0 Å². The van der Waals surface area contributed by atoms with Gasteiger partial charge in [-0.25, -0.2) is 4.39 Å². The molecule has 3 amide bonds. The van der Waals surface area contributed by atoms with Gasteiger partial charge in [0.15, 0.2) is 5.41 Å². The van der Waals surface area contributed by atoms with E-state index >= 15 is 0 Å². The van der Waals surface area contributed by atoms with E-state index in [0.29, 0.717) is 21.8 Å². The third-order valence-electron chi connectivity index (χ3n) is 4.73. The predicted octanol–water partition coefficient (Wildman–Crippen LogP) is 2.96. The molecule has 2 aliphatic rings. The number of hydrogen-bond donors (Lipinski definition) is 1. The van der Waals surface area contributed by atoms with E-state index in [1.165, 1.54) is 23.1 Å². The Kier molecular flexibility index (Phi) is 3.78. The van der Waals surface area contributed by atoms with Crippen LogP contribution in [-0.4, -0.2) is 17.7 Å². The van der Waals surface area contributed by atoms with Crippen LogP contribution in [0.15, 0.2) is 36.4 Å². The molecule has 132 valence electrons. The minimum atomic E-state index is -1.62. The molecular formula is C18H11Cl2FN2O3. The van der Waals surface area contributed by atoms with Crippen LogP contribution >= 0.6 is 23.2 Å². The Balaban J connectivity index is 1.84. The number of rotatable bonds is 2. The van der Waals surface area contributed by atoms with Gasteiger partial charge in [-0.2, -0.15) is 0 Å². The van der Waals surface area contributed by atoms with Crippen LogP contribution in [0.2, 0.25) is 10.0 Å². The molecule has 2 aromatic rings. The van der Waals surface area contributed by atoms with Gasteiger partial charge in [0.05, 0.1) is 13.0 Å². The molecule has 1 fully saturated rings. The summed E-state index contributed by atoms with van der Waals surface area (Å²) in [5.74, 6) is -2.20. The van der Waals surface area contributed by atoms with Gasteiger partial charge >= 0.3 is 0 Å². The third-order valence-corrected chi connectivity index (χ3v) is 5.32. The van der Waals surface area contributed by atoms with Gasteiger partial charge in [0.2, 0.25) is 17.7 Å². The van der Waals surface area contributed by atoms with Gasteiger partial charge in [0.25, 0.3) is 0 Å². The molecule has 1 atom stereocenters. The van der Waals surface area contributed by atoms with Crippen LogP contribution in [0.25, 0.3) is 0 Å². The first-order valence-corrected chi connectivity index (χ1v) is 8.49. The second kappa shape index (κ2) is 5.79. The Hall–Kier alpha value is -2.44. The second-order valence-corrected chi connectivity index (χ2v) is 7.09. The lowest BCUT2D eigenvalue weighted by molar-refractivity contribution is -0.133. The zero-order valence-electron chi connectivity index (χ0n) is 13.2. The maximum Gasteiger partial charge on any atom is 0.248 e. The summed E-state index contributed by atoms with van der Waals surface area (Å²) in [5.41, 5.74) is -0.241. The van der Waals surface area contributed by atoms with Crippen molar-refractivity contribution in [3.8, 4) is 0 Å². The van der Waals surface area contributed by atoms with Crippen molar-refractivity contribution in [2.45, 2.75) is 18.4 Å². The second-order valence-electron chi connectivity index (χ2n) is 6.25. The molecule has 1 N–H and O–H groups in total. The highest BCUT2D eigenvalue weighted by atomic mass is 35.5. The first-order chi connectivity index (χ1) is 12.3. The zero-order valence-corrected chi connectivity index (χ0v) is 14.7. The van der Waals surface area contributed by atoms with E-state index in [1.54, 1.807) is 12.1 Å². The average molecular weight is 393 g/mol. The SMILES string of the molecule is O=C1CC2(C(=O)N1)C(=O)N(Cc1ccc(F)cc1Cl)c1ccc(Cl)cc12. The standard InChI is InChI=1S/C18H11Cl2FN2O3/c19-10-2-4-14-12(5-10)18(7-15(24)22-16(18)25)17(26)23(14)8-9-1-3-11(21)6-13(9)20/h1-6H,7-8H2,(H,22,24,25). The predicted molar refractivity (Wildman–Crippen MR) is 93.5 cm³/mol. The summed E-state index contributed by atoms with van der Waals surface area (Å²) in [5, 5.41) is 2.72. The molecule has 26 heavy (non-hydrogen) atoms. The number of nitrogens with zero attached hydrogens (tertiary/aromatic N) is 1. The Morgan fingerprint density at radius 3 is 2.54 bits per heavy atom. The molecule has 1 saturated heterocycles. The van der Waals surface area contributed by atoms with Gasteiger partial charge in [-0.3, -0.25) is 19.7 Å². The Morgan fingerprint density at radius 1 is 1.12 bits per heavy atom. The zero-order chi connectivity index (χ0) is 18.6. The number of benzene rings is 2. The van der Waals surface area contributed by atoms with E-state index < -0.39 is 29.0 Å². The lowest BCUT2D eigenvalue weighted by Gasteiger charge is -2.21. The number of nitrogens with one attached hydrogen (secondary N) is 1. The lowest BCUT2D eigenvalue weighted by Crippen LogP contribution is -2.45. The number of carbonyl (C=O) groups is 3. The van der Waals surface area contributed by atoms with Crippen molar-refractivity contribution in [2.75, 3.05) is 4.90 Å². The van der Waals surface area contributed by atoms with Crippen LogP contribution < -0.4 is 10.2 Å². The van der Waals surface area contributed by atoms with Crippen LogP contribution in [-0.2, 0) is 26.3 Å². The maximum absolute atomic E-state index is 13.3. The molecule has 2 heterocycles. The van der Waals surface area contributed by atoms with Crippen LogP contribution in [0.4, 0.5) is 10.1 Å². The van der Waals surface area contributed by atoms with Crippen molar-refractivity contribution in [2.24, 2.45) is 0 Å². The number of halogens is 3. The summed E-state index contributed by atoms with van der Waals surface area (Å²) >= 11 is 12.1. The highest BCUT2D eigenvalue weighted by Gasteiger charge is 2.61. The van der Waals surface area contributed by atoms with E-state index in [0.717, 1.165) is 6.07 Å². The highest BCUT2D eigenvalue weighted by Crippen LogP contribution is 2.48. The molecule has 5 nitrogen and oxygen atoms in total. The van der Waals surface area contributed by atoms with E-state index in [2.05, 4.69) is 5.32 Å². The Labute approximate surface area is 157 Å². The molecule has 8 heteroatoms. The molecule has 2 aromatic carbocycles. The summed E-state index contributed by atoms with van der Waals surface area (Å²) in [6, 6.07) is 8.62. The largest absolute Gasteiger partial charge is 0.306 e. The van der Waals surface area contributed by atoms with E-state index in [-0.39, 0.29) is 18.0 Å². The Morgan fingerprint density at radius 2 is 1.88 bits per heavy atom. The van der Waals surface area contributed by atoms with Gasteiger partial charge in [0.1, 0.15) is 5.82 Å². The normalized spacial score (nSPS) is 21.5. The summed E-state index contributed by atoms with van der Waals surface area (Å²) in [6.07, 6.45) is -0.272. The smallest absolute Gasteiger partial charge is 0.248 e. The van der Waals surface area contributed by atoms with Crippen molar-refractivity contribution < 1.29 is 18.8 Å². The molecule has 0 radical (unpaired) electrons. The number of carbonyl (C=O) groups excluding carboxylic acids is 3. The summed E-state index contributed by atoms with van der Waals surface area (Å²) in [6.45, 7) is 0.0375. The fraction of sp³-hybridized carbons (Fsp3) is 0.167. The average Bonchev–Trinajstić information content (AvgIpc) is 2.99. The fourth-order valence-corrected chi connectivity index (χ4v) is 3.91. The monoisotopic (exact) mass is 392 g/mol. The molecule has 1 spiro atoms. The lowest BCUT2D eigenvalue weighted by atomic mass is 9.80. The fourth-order valence-electron chi connectivity index (χ4n) is 3.51. The van der Waals surface area contributed by atoms with Crippen molar-refractivity contribution in [1.29, 1.82) is 0 Å². The molecule has 0 aromatic heterocycles. The van der Waals surface area contributed by atoms with Gasteiger partial charge in [-0.05, 0) is 35.9 Å². The first-order valence-electron chi connectivity index (χ1n) is 7.73. The third kappa shape index (κ3) is 2.33. The highest BCUT2D eigenvalue weighted by molar-refractivity contribution is 6.33. The van der Waals surface area contributed by atoms with Crippen LogP contribution in [0.1, 0.15) is 17.5 Å². The van der Waals surface area contributed by atoms with Crippen LogP contribution in [0, 0.1) is 5.82 Å². The van der Waals surface area contributed by atoms with Gasteiger partial charge in [-0.15, -0.1) is 0 Å². The summed E-state index contributed by atoms with van der Waals surface area (Å²) < 4.78 is 13.3. The molecule has 0 saturated carbocycles. The molecule has 0 bridgehead atoms. The van der Waals surface area contributed by atoms with Gasteiger partial charge in [-0.1, -0.05) is 29.3 Å². The van der Waals surface area contributed by atoms with Gasteiger partial charge in [0, 0.05) is 21.3 Å². The van der Waals surface area contributed by atoms with Gasteiger partial charge < -0.3 is 4.90 Å². The van der Waals surface area contributed by atoms with E-state index in [4.69, 9.17) is 23.2 Å². The van der Waals surface area contributed by atoms with Crippen LogP contribution in [0.3, 0.4) is 0 Å². The molecular weight excluding hydrogens is 382 g/mol. The van der Waals surface area contributed by atoms with E-state index in [9.17, 15) is 18.8 Å². The maximum atomic E-state index is 13.3. The molecule has 1 unspecified atom stereocenters. The first kappa shape index (κ1) is 17.0.